The molecule has 4 aliphatic rings. The molecular formula is C37H60N2O2. The lowest BCUT2D eigenvalue weighted by atomic mass is 9.44. The number of nitrogen functional groups attached to an aromatic ring is 2. The van der Waals surface area contributed by atoms with Crippen LogP contribution in [0.2, 0.25) is 0 Å². The highest BCUT2D eigenvalue weighted by Gasteiger charge is 2.60. The van der Waals surface area contributed by atoms with E-state index >= 15 is 0 Å². The molecule has 41 heavy (non-hydrogen) atoms. The number of benzene rings is 1. The molecule has 4 nitrogen and oxygen atoms in total. The van der Waals surface area contributed by atoms with Crippen LogP contribution in [0.15, 0.2) is 30.4 Å². The first-order chi connectivity index (χ1) is 19.6. The third kappa shape index (κ3) is 6.48. The normalized spacial score (nSPS) is 37.5. The van der Waals surface area contributed by atoms with Crippen molar-refractivity contribution in [2.45, 2.75) is 118 Å². The number of rotatable bonds is 11. The van der Waals surface area contributed by atoms with E-state index in [1.54, 1.807) is 6.07 Å². The van der Waals surface area contributed by atoms with Crippen LogP contribution < -0.4 is 16.2 Å². The Balaban J connectivity index is 1.10. The van der Waals surface area contributed by atoms with Crippen LogP contribution in [0.25, 0.3) is 0 Å². The van der Waals surface area contributed by atoms with Gasteiger partial charge in [-0.15, -0.1) is 0 Å². The van der Waals surface area contributed by atoms with E-state index in [9.17, 15) is 0 Å². The summed E-state index contributed by atoms with van der Waals surface area (Å²) in [4.78, 5) is 0. The summed E-state index contributed by atoms with van der Waals surface area (Å²) in [7, 11) is 0. The molecule has 0 amide bonds. The summed E-state index contributed by atoms with van der Waals surface area (Å²) in [5, 5.41) is 0. The molecule has 1 aromatic rings. The van der Waals surface area contributed by atoms with Gasteiger partial charge in [-0.2, -0.15) is 0 Å². The molecule has 0 aliphatic heterocycles. The molecule has 0 heterocycles. The van der Waals surface area contributed by atoms with Crippen LogP contribution in [0.5, 0.6) is 5.75 Å². The van der Waals surface area contributed by atoms with Gasteiger partial charge in [0.15, 0.2) is 0 Å². The molecule has 9 atom stereocenters. The van der Waals surface area contributed by atoms with E-state index in [0.29, 0.717) is 47.3 Å². The Labute approximate surface area is 251 Å². The number of hydrogen-bond acceptors (Lipinski definition) is 4. The number of fused-ring (bicyclic) bond motifs is 5. The van der Waals surface area contributed by atoms with Gasteiger partial charge in [-0.25, -0.2) is 0 Å². The van der Waals surface area contributed by atoms with Gasteiger partial charge in [-0.05, 0) is 134 Å². The summed E-state index contributed by atoms with van der Waals surface area (Å²) >= 11 is 0. The molecule has 4 N–H and O–H groups in total. The van der Waals surface area contributed by atoms with Crippen LogP contribution in [0, 0.1) is 52.3 Å². The number of anilines is 2. The second-order valence-electron chi connectivity index (χ2n) is 15.5. The Morgan fingerprint density at radius 3 is 2.41 bits per heavy atom. The molecule has 4 saturated carbocycles. The van der Waals surface area contributed by atoms with Gasteiger partial charge in [0.2, 0.25) is 0 Å². The molecule has 4 heteroatoms. The van der Waals surface area contributed by atoms with E-state index in [1.165, 1.54) is 77.0 Å². The Morgan fingerprint density at radius 2 is 1.63 bits per heavy atom. The van der Waals surface area contributed by atoms with Crippen molar-refractivity contribution < 1.29 is 9.47 Å². The lowest BCUT2D eigenvalue weighted by Crippen LogP contribution is -2.54. The summed E-state index contributed by atoms with van der Waals surface area (Å²) in [5.74, 6) is 7.10. The lowest BCUT2D eigenvalue weighted by Gasteiger charge is -2.61. The smallest absolute Gasteiger partial charge is 0.142 e. The van der Waals surface area contributed by atoms with Gasteiger partial charge in [0.05, 0.1) is 18.4 Å². The zero-order chi connectivity index (χ0) is 29.2. The van der Waals surface area contributed by atoms with Crippen molar-refractivity contribution in [2.24, 2.45) is 52.3 Å². The van der Waals surface area contributed by atoms with Crippen molar-refractivity contribution >= 4 is 11.4 Å². The second kappa shape index (κ2) is 12.9. The lowest BCUT2D eigenvalue weighted by molar-refractivity contribution is -0.135. The van der Waals surface area contributed by atoms with Gasteiger partial charge in [-0.1, -0.05) is 60.0 Å². The molecular weight excluding hydrogens is 504 g/mol. The molecule has 0 aromatic heterocycles. The first kappa shape index (κ1) is 30.8. The summed E-state index contributed by atoms with van der Waals surface area (Å²) in [6.07, 6.45) is 21.5. The third-order valence-corrected chi connectivity index (χ3v) is 12.8. The SMILES string of the molecule is CC(C)CCCC(C)C1CCC2C3CCC4CC(OCC=CCOc5ccc(N)cc5N)CCC4(C)C3CCC12C. The second-order valence-corrected chi connectivity index (χ2v) is 15.5. The molecule has 0 bridgehead atoms. The molecule has 0 spiro atoms. The molecule has 4 fully saturated rings. The number of nitrogens with two attached hydrogens (primary N) is 2. The van der Waals surface area contributed by atoms with E-state index < -0.39 is 0 Å². The minimum absolute atomic E-state index is 0.402. The van der Waals surface area contributed by atoms with Crippen molar-refractivity contribution in [3.8, 4) is 5.75 Å². The van der Waals surface area contributed by atoms with Crippen LogP contribution in [0.3, 0.4) is 0 Å². The van der Waals surface area contributed by atoms with Crippen molar-refractivity contribution in [2.75, 3.05) is 24.7 Å². The zero-order valence-corrected chi connectivity index (χ0v) is 26.9. The van der Waals surface area contributed by atoms with Gasteiger partial charge < -0.3 is 20.9 Å². The van der Waals surface area contributed by atoms with E-state index in [0.717, 1.165) is 41.4 Å². The van der Waals surface area contributed by atoms with Crippen LogP contribution in [0.1, 0.15) is 112 Å². The Kier molecular flexibility index (Phi) is 9.68. The number of ether oxygens (including phenoxy) is 2. The fourth-order valence-electron chi connectivity index (χ4n) is 10.6. The first-order valence-corrected chi connectivity index (χ1v) is 17.2. The van der Waals surface area contributed by atoms with Crippen molar-refractivity contribution in [3.63, 3.8) is 0 Å². The predicted molar refractivity (Wildman–Crippen MR) is 173 cm³/mol. The van der Waals surface area contributed by atoms with E-state index in [1.807, 2.05) is 18.2 Å². The average molecular weight is 565 g/mol. The Morgan fingerprint density at radius 1 is 0.878 bits per heavy atom. The van der Waals surface area contributed by atoms with Gasteiger partial charge in [-0.3, -0.25) is 0 Å². The summed E-state index contributed by atoms with van der Waals surface area (Å²) in [6.45, 7) is 13.9. The zero-order valence-electron chi connectivity index (χ0n) is 26.9. The van der Waals surface area contributed by atoms with Crippen molar-refractivity contribution in [1.82, 2.24) is 0 Å². The summed E-state index contributed by atoms with van der Waals surface area (Å²) in [6, 6.07) is 5.38. The predicted octanol–water partition coefficient (Wildman–Crippen LogP) is 9.29. The summed E-state index contributed by atoms with van der Waals surface area (Å²) < 4.78 is 12.2. The Hall–Kier alpha value is -1.68. The molecule has 1 aromatic carbocycles. The van der Waals surface area contributed by atoms with Crippen molar-refractivity contribution in [3.05, 3.63) is 30.4 Å². The van der Waals surface area contributed by atoms with Gasteiger partial charge in [0.25, 0.3) is 0 Å². The van der Waals surface area contributed by atoms with Crippen molar-refractivity contribution in [1.29, 1.82) is 0 Å². The highest BCUT2D eigenvalue weighted by Crippen LogP contribution is 2.68. The van der Waals surface area contributed by atoms with E-state index in [-0.39, 0.29) is 0 Å². The molecule has 4 aliphatic carbocycles. The van der Waals surface area contributed by atoms with Crippen LogP contribution in [0.4, 0.5) is 11.4 Å². The maximum absolute atomic E-state index is 6.39. The fraction of sp³-hybridized carbons (Fsp3) is 0.784. The first-order valence-electron chi connectivity index (χ1n) is 17.2. The summed E-state index contributed by atoms with van der Waals surface area (Å²) in [5.41, 5.74) is 14.1. The third-order valence-electron chi connectivity index (χ3n) is 12.8. The highest BCUT2D eigenvalue weighted by molar-refractivity contribution is 5.60. The van der Waals surface area contributed by atoms with Gasteiger partial charge in [0, 0.05) is 5.69 Å². The van der Waals surface area contributed by atoms with Crippen LogP contribution >= 0.6 is 0 Å². The molecule has 5 rings (SSSR count). The molecule has 0 radical (unpaired) electrons. The standard InChI is InChI=1S/C37H60N2O2/c1-25(2)9-8-10-26(3)31-14-15-32-30-13-11-27-23-29(17-19-36(27,4)33(30)18-20-37(31,32)5)40-21-6-7-22-41-35-16-12-28(38)24-34(35)39/h6-7,12,16,24-27,29-33H,8-11,13-15,17-23,38-39H2,1-5H3. The molecule has 230 valence electrons. The number of hydrogen-bond donors (Lipinski definition) is 2. The highest BCUT2D eigenvalue weighted by atomic mass is 16.5. The quantitative estimate of drug-likeness (QED) is 0.207. The maximum Gasteiger partial charge on any atom is 0.142 e. The monoisotopic (exact) mass is 564 g/mol. The Bertz CT molecular complexity index is 1040. The fourth-order valence-corrected chi connectivity index (χ4v) is 10.6. The molecule has 0 saturated heterocycles. The average Bonchev–Trinajstić information content (AvgIpc) is 3.28. The topological polar surface area (TPSA) is 70.5 Å². The minimum atomic E-state index is 0.402. The van der Waals surface area contributed by atoms with Gasteiger partial charge >= 0.3 is 0 Å². The van der Waals surface area contributed by atoms with E-state index in [4.69, 9.17) is 20.9 Å². The molecule has 9 unspecified atom stereocenters. The van der Waals surface area contributed by atoms with E-state index in [2.05, 4.69) is 40.7 Å². The minimum Gasteiger partial charge on any atom is -0.487 e. The van der Waals surface area contributed by atoms with Crippen LogP contribution in [-0.2, 0) is 4.74 Å². The van der Waals surface area contributed by atoms with Gasteiger partial charge in [0.1, 0.15) is 12.4 Å². The van der Waals surface area contributed by atoms with Crippen LogP contribution in [-0.4, -0.2) is 19.3 Å². The largest absolute Gasteiger partial charge is 0.487 e. The maximum atomic E-state index is 6.39.